The lowest BCUT2D eigenvalue weighted by Crippen LogP contribution is -2.01. The zero-order valence-electron chi connectivity index (χ0n) is 15.6. The molecule has 1 aromatic carbocycles. The van der Waals surface area contributed by atoms with Gasteiger partial charge in [-0.25, -0.2) is 9.97 Å². The number of H-pyrrole nitrogens is 1. The Bertz CT molecular complexity index is 993. The van der Waals surface area contributed by atoms with Gasteiger partial charge in [-0.2, -0.15) is 5.10 Å². The minimum atomic E-state index is -0.317. The van der Waals surface area contributed by atoms with Gasteiger partial charge in [0.1, 0.15) is 12.4 Å². The summed E-state index contributed by atoms with van der Waals surface area (Å²) in [6.07, 6.45) is 7.74. The Morgan fingerprint density at radius 3 is 2.89 bits per heavy atom. The van der Waals surface area contributed by atoms with Crippen LogP contribution >= 0.6 is 0 Å². The van der Waals surface area contributed by atoms with Gasteiger partial charge >= 0.3 is 5.97 Å². The summed E-state index contributed by atoms with van der Waals surface area (Å²) in [5.41, 5.74) is 2.86. The smallest absolute Gasteiger partial charge is 0.302 e. The van der Waals surface area contributed by atoms with Gasteiger partial charge < -0.3 is 10.1 Å². The van der Waals surface area contributed by atoms with Gasteiger partial charge in [0.05, 0.1) is 0 Å². The predicted octanol–water partition coefficient (Wildman–Crippen LogP) is 4.06. The monoisotopic (exact) mass is 375 g/mol. The number of carbonyl (C=O) groups is 1. The minimum absolute atomic E-state index is 0.198. The minimum Gasteiger partial charge on any atom is -0.462 e. The van der Waals surface area contributed by atoms with Gasteiger partial charge in [0.25, 0.3) is 0 Å². The fraction of sp³-hybridized carbons (Fsp3) is 0.238. The van der Waals surface area contributed by atoms with Gasteiger partial charge in [0.2, 0.25) is 0 Å². The highest BCUT2D eigenvalue weighted by Gasteiger charge is 2.25. The molecular weight excluding hydrogens is 354 g/mol. The van der Waals surface area contributed by atoms with Gasteiger partial charge in [-0.3, -0.25) is 9.89 Å². The van der Waals surface area contributed by atoms with Crippen LogP contribution in [0.15, 0.2) is 48.7 Å². The average Bonchev–Trinajstić information content (AvgIpc) is 3.46. The number of hydrogen-bond donors (Lipinski definition) is 2. The van der Waals surface area contributed by atoms with E-state index in [-0.39, 0.29) is 12.6 Å². The van der Waals surface area contributed by atoms with Crippen LogP contribution in [0.1, 0.15) is 36.9 Å². The van der Waals surface area contributed by atoms with Crippen molar-refractivity contribution in [3.63, 3.8) is 0 Å². The van der Waals surface area contributed by atoms with Crippen molar-refractivity contribution in [1.29, 1.82) is 0 Å². The number of ether oxygens (including phenoxy) is 1. The summed E-state index contributed by atoms with van der Waals surface area (Å²) in [4.78, 5) is 20.1. The number of benzene rings is 1. The molecule has 2 aromatic heterocycles. The van der Waals surface area contributed by atoms with Crippen LogP contribution < -0.4 is 5.32 Å². The number of esters is 1. The topological polar surface area (TPSA) is 92.8 Å². The largest absolute Gasteiger partial charge is 0.462 e. The molecule has 0 spiro atoms. The molecule has 4 rings (SSSR count). The Morgan fingerprint density at radius 1 is 1.32 bits per heavy atom. The highest BCUT2D eigenvalue weighted by molar-refractivity contribution is 5.70. The summed E-state index contributed by atoms with van der Waals surface area (Å²) in [5.74, 6) is 2.26. The predicted molar refractivity (Wildman–Crippen MR) is 107 cm³/mol. The quantitative estimate of drug-likeness (QED) is 0.605. The van der Waals surface area contributed by atoms with Gasteiger partial charge in [0.15, 0.2) is 11.6 Å². The molecule has 0 saturated heterocycles. The second kappa shape index (κ2) is 8.04. The third-order valence-electron chi connectivity index (χ3n) is 4.39. The molecule has 0 aliphatic heterocycles. The van der Waals surface area contributed by atoms with Crippen LogP contribution in [0.4, 0.5) is 11.6 Å². The Hall–Kier alpha value is -3.48. The van der Waals surface area contributed by atoms with Crippen LogP contribution in [-0.2, 0) is 9.53 Å². The summed E-state index contributed by atoms with van der Waals surface area (Å²) >= 11 is 0. The van der Waals surface area contributed by atoms with Crippen LogP contribution in [0.25, 0.3) is 17.5 Å². The highest BCUT2D eigenvalue weighted by Crippen LogP contribution is 2.39. The number of carbonyl (C=O) groups excluding carboxylic acids is 1. The maximum atomic E-state index is 10.9. The van der Waals surface area contributed by atoms with E-state index >= 15 is 0 Å². The Labute approximate surface area is 162 Å². The normalized spacial score (nSPS) is 13.6. The van der Waals surface area contributed by atoms with E-state index in [9.17, 15) is 4.79 Å². The fourth-order valence-corrected chi connectivity index (χ4v) is 2.81. The van der Waals surface area contributed by atoms with Gasteiger partial charge in [-0.1, -0.05) is 36.4 Å². The average molecular weight is 375 g/mol. The molecule has 0 unspecified atom stereocenters. The van der Waals surface area contributed by atoms with E-state index in [1.54, 1.807) is 12.3 Å². The lowest BCUT2D eigenvalue weighted by Gasteiger charge is -2.08. The molecule has 0 atom stereocenters. The second-order valence-electron chi connectivity index (χ2n) is 6.68. The summed E-state index contributed by atoms with van der Waals surface area (Å²) in [6.45, 7) is 1.58. The van der Waals surface area contributed by atoms with Crippen molar-refractivity contribution in [3.05, 3.63) is 59.9 Å². The van der Waals surface area contributed by atoms with Crippen LogP contribution in [0.2, 0.25) is 0 Å². The number of hydrogen-bond acceptors (Lipinski definition) is 6. The molecule has 7 heteroatoms. The molecule has 0 radical (unpaired) electrons. The zero-order valence-corrected chi connectivity index (χ0v) is 15.6. The zero-order chi connectivity index (χ0) is 19.3. The van der Waals surface area contributed by atoms with Crippen molar-refractivity contribution >= 4 is 23.7 Å². The number of nitrogens with one attached hydrogen (secondary N) is 2. The maximum Gasteiger partial charge on any atom is 0.302 e. The van der Waals surface area contributed by atoms with Crippen molar-refractivity contribution in [3.8, 4) is 11.4 Å². The summed E-state index contributed by atoms with van der Waals surface area (Å²) in [6, 6.07) is 11.8. The van der Waals surface area contributed by atoms with Crippen LogP contribution in [-0.4, -0.2) is 32.7 Å². The van der Waals surface area contributed by atoms with Crippen molar-refractivity contribution in [1.82, 2.24) is 20.2 Å². The van der Waals surface area contributed by atoms with Crippen molar-refractivity contribution < 1.29 is 9.53 Å². The number of nitrogens with zero attached hydrogens (tertiary/aromatic N) is 3. The molecule has 0 bridgehead atoms. The van der Waals surface area contributed by atoms with E-state index in [1.807, 2.05) is 42.5 Å². The van der Waals surface area contributed by atoms with E-state index < -0.39 is 0 Å². The lowest BCUT2D eigenvalue weighted by molar-refractivity contribution is -0.139. The first-order valence-corrected chi connectivity index (χ1v) is 9.24. The Balaban J connectivity index is 1.61. The van der Waals surface area contributed by atoms with E-state index in [0.717, 1.165) is 16.8 Å². The van der Waals surface area contributed by atoms with E-state index in [2.05, 4.69) is 25.5 Å². The first-order chi connectivity index (χ1) is 13.7. The molecule has 142 valence electrons. The summed E-state index contributed by atoms with van der Waals surface area (Å²) in [5, 5.41) is 10.7. The van der Waals surface area contributed by atoms with Crippen LogP contribution in [0.5, 0.6) is 0 Å². The van der Waals surface area contributed by atoms with E-state index in [4.69, 9.17) is 4.74 Å². The molecule has 7 nitrogen and oxygen atoms in total. The summed E-state index contributed by atoms with van der Waals surface area (Å²) in [7, 11) is 0. The molecule has 2 heterocycles. The van der Waals surface area contributed by atoms with Crippen molar-refractivity contribution in [2.45, 2.75) is 25.7 Å². The van der Waals surface area contributed by atoms with Crippen LogP contribution in [0.3, 0.4) is 0 Å². The third kappa shape index (κ3) is 4.43. The fourth-order valence-electron chi connectivity index (χ4n) is 2.81. The molecule has 3 aromatic rings. The number of aromatic amines is 1. The van der Waals surface area contributed by atoms with E-state index in [0.29, 0.717) is 23.4 Å². The molecule has 1 aliphatic carbocycles. The number of rotatable bonds is 7. The number of aromatic nitrogens is 4. The van der Waals surface area contributed by atoms with Gasteiger partial charge in [0, 0.05) is 41.9 Å². The molecule has 1 aliphatic rings. The standard InChI is InChI=1S/C21H21N5O2/c1-14(27)28-11-5-8-17-13-22-20(16-6-3-2-4-7-16)24-21(17)23-19-12-18(25-26-19)15-9-10-15/h2-8,12-13,15H,9-11H2,1H3,(H2,22,23,24,25,26)/b8-5+. The molecular formula is C21H21N5O2. The third-order valence-corrected chi connectivity index (χ3v) is 4.39. The molecule has 28 heavy (non-hydrogen) atoms. The van der Waals surface area contributed by atoms with Crippen molar-refractivity contribution in [2.24, 2.45) is 0 Å². The lowest BCUT2D eigenvalue weighted by atomic mass is 10.2. The molecule has 1 fully saturated rings. The number of anilines is 2. The molecule has 2 N–H and O–H groups in total. The first kappa shape index (κ1) is 17.9. The van der Waals surface area contributed by atoms with E-state index in [1.165, 1.54) is 19.8 Å². The first-order valence-electron chi connectivity index (χ1n) is 9.24. The Kier molecular flexibility index (Phi) is 5.14. The summed E-state index contributed by atoms with van der Waals surface area (Å²) < 4.78 is 4.95. The molecule has 1 saturated carbocycles. The SMILES string of the molecule is CC(=O)OC/C=C/c1cnc(-c2ccccc2)nc1Nc1cc(C2CC2)[nH]n1. The second-order valence-corrected chi connectivity index (χ2v) is 6.68. The van der Waals surface area contributed by atoms with Crippen molar-refractivity contribution in [2.75, 3.05) is 11.9 Å². The highest BCUT2D eigenvalue weighted by atomic mass is 16.5. The Morgan fingerprint density at radius 2 is 2.14 bits per heavy atom. The van der Waals surface area contributed by atoms with Gasteiger partial charge in [-0.15, -0.1) is 0 Å². The van der Waals surface area contributed by atoms with Gasteiger partial charge in [-0.05, 0) is 18.9 Å². The molecule has 0 amide bonds. The van der Waals surface area contributed by atoms with Crippen LogP contribution in [0, 0.1) is 0 Å². The maximum absolute atomic E-state index is 10.9.